The van der Waals surface area contributed by atoms with Crippen molar-refractivity contribution in [3.8, 4) is 5.75 Å². The lowest BCUT2D eigenvalue weighted by Gasteiger charge is -2.07. The van der Waals surface area contributed by atoms with Gasteiger partial charge < -0.3 is 4.74 Å². The van der Waals surface area contributed by atoms with Gasteiger partial charge in [0.2, 0.25) is 0 Å². The Hall–Kier alpha value is -1.19. The fraction of sp³-hybridized carbons (Fsp3) is 0.375. The standard InChI is InChI=1S/C8H8F2NO/c1-5-3-11-4-7(6(5)2)12-8(9)10/h3,8H,1-2H3. The summed E-state index contributed by atoms with van der Waals surface area (Å²) in [5.41, 5.74) is 1.45. The van der Waals surface area contributed by atoms with E-state index in [1.54, 1.807) is 20.0 Å². The summed E-state index contributed by atoms with van der Waals surface area (Å²) in [6.07, 6.45) is 3.91. The molecule has 0 N–H and O–H groups in total. The predicted octanol–water partition coefficient (Wildman–Crippen LogP) is 2.10. The molecule has 0 aromatic carbocycles. The quantitative estimate of drug-likeness (QED) is 0.681. The maximum absolute atomic E-state index is 11.8. The number of nitrogens with zero attached hydrogens (tertiary/aromatic N) is 1. The van der Waals surface area contributed by atoms with Crippen molar-refractivity contribution in [3.05, 3.63) is 23.5 Å². The molecule has 0 aliphatic rings. The Labute approximate surface area is 69.2 Å². The normalized spacial score (nSPS) is 10.4. The third-order valence-corrected chi connectivity index (χ3v) is 1.56. The zero-order valence-corrected chi connectivity index (χ0v) is 6.77. The van der Waals surface area contributed by atoms with Crippen molar-refractivity contribution in [3.63, 3.8) is 0 Å². The number of pyridine rings is 1. The first-order chi connectivity index (χ1) is 5.61. The van der Waals surface area contributed by atoms with Gasteiger partial charge in [0.05, 0.1) is 0 Å². The van der Waals surface area contributed by atoms with Crippen LogP contribution in [0.3, 0.4) is 0 Å². The van der Waals surface area contributed by atoms with E-state index in [9.17, 15) is 8.78 Å². The van der Waals surface area contributed by atoms with E-state index in [0.717, 1.165) is 5.56 Å². The zero-order valence-electron chi connectivity index (χ0n) is 6.77. The van der Waals surface area contributed by atoms with Crippen LogP contribution in [0.1, 0.15) is 11.1 Å². The summed E-state index contributed by atoms with van der Waals surface area (Å²) in [4.78, 5) is 3.61. The summed E-state index contributed by atoms with van der Waals surface area (Å²) < 4.78 is 27.7. The van der Waals surface area contributed by atoms with Crippen molar-refractivity contribution in [1.29, 1.82) is 0 Å². The molecule has 0 fully saturated rings. The second-order valence-corrected chi connectivity index (χ2v) is 2.39. The van der Waals surface area contributed by atoms with E-state index in [-0.39, 0.29) is 5.75 Å². The van der Waals surface area contributed by atoms with E-state index >= 15 is 0 Å². The Morgan fingerprint density at radius 1 is 1.50 bits per heavy atom. The average molecular weight is 172 g/mol. The zero-order chi connectivity index (χ0) is 9.14. The molecule has 0 saturated heterocycles. The number of rotatable bonds is 2. The van der Waals surface area contributed by atoms with Gasteiger partial charge in [-0.15, -0.1) is 0 Å². The SMILES string of the molecule is Cc1cn[c]c(OC(F)F)c1C. The smallest absolute Gasteiger partial charge is 0.387 e. The molecule has 0 amide bonds. The topological polar surface area (TPSA) is 22.1 Å². The lowest BCUT2D eigenvalue weighted by molar-refractivity contribution is -0.0507. The van der Waals surface area contributed by atoms with Gasteiger partial charge in [-0.2, -0.15) is 8.78 Å². The molecule has 1 aromatic rings. The molecule has 1 heterocycles. The first-order valence-electron chi connectivity index (χ1n) is 3.40. The lowest BCUT2D eigenvalue weighted by atomic mass is 10.2. The molecule has 0 unspecified atom stereocenters. The van der Waals surface area contributed by atoms with Crippen molar-refractivity contribution in [2.45, 2.75) is 20.5 Å². The van der Waals surface area contributed by atoms with Gasteiger partial charge in [0, 0.05) is 6.20 Å². The van der Waals surface area contributed by atoms with E-state index in [0.29, 0.717) is 5.56 Å². The second-order valence-electron chi connectivity index (χ2n) is 2.39. The third kappa shape index (κ3) is 1.90. The van der Waals surface area contributed by atoms with Crippen LogP contribution in [-0.4, -0.2) is 11.6 Å². The summed E-state index contributed by atoms with van der Waals surface area (Å²) in [7, 11) is 0. The van der Waals surface area contributed by atoms with Crippen molar-refractivity contribution in [1.82, 2.24) is 4.98 Å². The highest BCUT2D eigenvalue weighted by atomic mass is 19.3. The Balaban J connectivity index is 2.92. The number of aryl methyl sites for hydroxylation is 1. The van der Waals surface area contributed by atoms with E-state index in [1.165, 1.54) is 0 Å². The first kappa shape index (κ1) is 8.90. The molecule has 0 saturated carbocycles. The van der Waals surface area contributed by atoms with Gasteiger partial charge in [0.15, 0.2) is 5.75 Å². The van der Waals surface area contributed by atoms with Crippen molar-refractivity contribution in [2.24, 2.45) is 0 Å². The van der Waals surface area contributed by atoms with E-state index < -0.39 is 6.61 Å². The summed E-state index contributed by atoms with van der Waals surface area (Å²) in [5, 5.41) is 0. The summed E-state index contributed by atoms with van der Waals surface area (Å²) in [6.45, 7) is 0.642. The highest BCUT2D eigenvalue weighted by molar-refractivity contribution is 5.33. The van der Waals surface area contributed by atoms with Crippen LogP contribution in [0.2, 0.25) is 0 Å². The van der Waals surface area contributed by atoms with Crippen molar-refractivity contribution < 1.29 is 13.5 Å². The van der Waals surface area contributed by atoms with E-state index in [1.807, 2.05) is 0 Å². The molecule has 0 bridgehead atoms. The maximum Gasteiger partial charge on any atom is 0.387 e. The minimum atomic E-state index is -2.82. The molecular formula is C8H8F2NO. The molecule has 4 heteroatoms. The molecule has 1 radical (unpaired) electrons. The number of halogens is 2. The minimum Gasteiger partial charge on any atom is -0.432 e. The maximum atomic E-state index is 11.8. The molecular weight excluding hydrogens is 164 g/mol. The molecule has 0 aliphatic heterocycles. The Morgan fingerprint density at radius 3 is 2.75 bits per heavy atom. The van der Waals surface area contributed by atoms with Gasteiger partial charge in [-0.25, -0.2) is 0 Å². The van der Waals surface area contributed by atoms with Crippen LogP contribution in [0, 0.1) is 20.0 Å². The van der Waals surface area contributed by atoms with E-state index in [2.05, 4.69) is 15.9 Å². The van der Waals surface area contributed by atoms with Gasteiger partial charge in [0.25, 0.3) is 0 Å². The lowest BCUT2D eigenvalue weighted by Crippen LogP contribution is -2.04. The molecule has 0 atom stereocenters. The molecule has 0 aliphatic carbocycles. The number of hydrogen-bond acceptors (Lipinski definition) is 2. The fourth-order valence-electron chi connectivity index (χ4n) is 0.751. The van der Waals surface area contributed by atoms with Crippen LogP contribution >= 0.6 is 0 Å². The van der Waals surface area contributed by atoms with Crippen LogP contribution in [-0.2, 0) is 0 Å². The summed E-state index contributed by atoms with van der Waals surface area (Å²) in [6, 6.07) is 0. The van der Waals surface area contributed by atoms with Crippen LogP contribution in [0.4, 0.5) is 8.78 Å². The van der Waals surface area contributed by atoms with Gasteiger partial charge in [0.1, 0.15) is 6.20 Å². The molecule has 12 heavy (non-hydrogen) atoms. The number of alkyl halides is 2. The number of aromatic nitrogens is 1. The molecule has 1 rings (SSSR count). The molecule has 2 nitrogen and oxygen atoms in total. The summed E-state index contributed by atoms with van der Waals surface area (Å²) >= 11 is 0. The Bertz CT molecular complexity index is 276. The molecule has 65 valence electrons. The van der Waals surface area contributed by atoms with E-state index in [4.69, 9.17) is 0 Å². The number of ether oxygens (including phenoxy) is 1. The van der Waals surface area contributed by atoms with Crippen LogP contribution in [0.5, 0.6) is 5.75 Å². The average Bonchev–Trinajstić information content (AvgIpc) is 1.98. The first-order valence-corrected chi connectivity index (χ1v) is 3.40. The minimum absolute atomic E-state index is 0.0185. The summed E-state index contributed by atoms with van der Waals surface area (Å²) in [5.74, 6) is 0.0185. The molecule has 1 aromatic heterocycles. The highest BCUT2D eigenvalue weighted by Gasteiger charge is 2.08. The van der Waals surface area contributed by atoms with Crippen molar-refractivity contribution >= 4 is 0 Å². The van der Waals surface area contributed by atoms with Gasteiger partial charge >= 0.3 is 6.61 Å². The largest absolute Gasteiger partial charge is 0.432 e. The van der Waals surface area contributed by atoms with Gasteiger partial charge in [-0.3, -0.25) is 4.98 Å². The predicted molar refractivity (Wildman–Crippen MR) is 39.2 cm³/mol. The van der Waals surface area contributed by atoms with Gasteiger partial charge in [-0.1, -0.05) is 0 Å². The Morgan fingerprint density at radius 2 is 2.17 bits per heavy atom. The number of hydrogen-bond donors (Lipinski definition) is 0. The fourth-order valence-corrected chi connectivity index (χ4v) is 0.751. The van der Waals surface area contributed by atoms with Crippen LogP contribution < -0.4 is 4.74 Å². The van der Waals surface area contributed by atoms with Gasteiger partial charge in [-0.05, 0) is 25.0 Å². The molecule has 0 spiro atoms. The highest BCUT2D eigenvalue weighted by Crippen LogP contribution is 2.19. The van der Waals surface area contributed by atoms with Crippen molar-refractivity contribution in [2.75, 3.05) is 0 Å². The third-order valence-electron chi connectivity index (χ3n) is 1.56. The monoisotopic (exact) mass is 172 g/mol. The second kappa shape index (κ2) is 3.47. The van der Waals surface area contributed by atoms with Crippen LogP contribution in [0.25, 0.3) is 0 Å². The Kier molecular flexibility index (Phi) is 2.58. The van der Waals surface area contributed by atoms with Crippen LogP contribution in [0.15, 0.2) is 6.20 Å².